The molecule has 3 aromatic carbocycles. The van der Waals surface area contributed by atoms with Crippen molar-refractivity contribution in [3.63, 3.8) is 0 Å². The van der Waals surface area contributed by atoms with E-state index in [1.54, 1.807) is 0 Å². The molecule has 5 nitrogen and oxygen atoms in total. The van der Waals surface area contributed by atoms with Gasteiger partial charge in [-0.1, -0.05) is 72.8 Å². The van der Waals surface area contributed by atoms with Gasteiger partial charge in [0, 0.05) is 18.5 Å². The van der Waals surface area contributed by atoms with Crippen molar-refractivity contribution in [2.75, 3.05) is 7.11 Å². The molecule has 2 atom stereocenters. The Hall–Kier alpha value is -3.44. The summed E-state index contributed by atoms with van der Waals surface area (Å²) in [6.07, 6.45) is -0.305. The van der Waals surface area contributed by atoms with Crippen LogP contribution in [-0.4, -0.2) is 24.5 Å². The molecule has 0 saturated heterocycles. The first-order valence-electron chi connectivity index (χ1n) is 9.90. The number of ether oxygens (including phenoxy) is 2. The Kier molecular flexibility index (Phi) is 5.63. The standard InChI is InChI=1S/C25H24N2O3/c1-29-24(28)25(16-18-10-4-2-5-11-18)22(21-15-9-8-14-20(21)17-26)30-23(27-25)19-12-6-3-7-13-19/h2-15,22H,16-17,26H2,1H3/t22-,25-/m0/s1. The maximum Gasteiger partial charge on any atom is 0.338 e. The van der Waals surface area contributed by atoms with Crippen LogP contribution in [0.3, 0.4) is 0 Å². The van der Waals surface area contributed by atoms with Gasteiger partial charge in [-0.3, -0.25) is 0 Å². The first kappa shape index (κ1) is 19.9. The molecule has 0 saturated carbocycles. The largest absolute Gasteiger partial charge is 0.467 e. The van der Waals surface area contributed by atoms with Crippen molar-refractivity contribution in [1.82, 2.24) is 0 Å². The van der Waals surface area contributed by atoms with Crippen LogP contribution >= 0.6 is 0 Å². The number of aliphatic imine (C=N–C) groups is 1. The van der Waals surface area contributed by atoms with Gasteiger partial charge in [0.2, 0.25) is 11.4 Å². The minimum Gasteiger partial charge on any atom is -0.467 e. The molecule has 2 N–H and O–H groups in total. The zero-order valence-corrected chi connectivity index (χ0v) is 16.8. The molecule has 152 valence electrons. The van der Waals surface area contributed by atoms with Crippen molar-refractivity contribution < 1.29 is 14.3 Å². The Labute approximate surface area is 176 Å². The number of hydrogen-bond donors (Lipinski definition) is 1. The van der Waals surface area contributed by atoms with Crippen molar-refractivity contribution in [3.8, 4) is 0 Å². The number of rotatable bonds is 6. The molecule has 0 aromatic heterocycles. The predicted octanol–water partition coefficient (Wildman–Crippen LogP) is 3.82. The van der Waals surface area contributed by atoms with Gasteiger partial charge in [0.25, 0.3) is 0 Å². The molecule has 0 fully saturated rings. The minimum atomic E-state index is -1.26. The number of hydrogen-bond acceptors (Lipinski definition) is 5. The quantitative estimate of drug-likeness (QED) is 0.639. The second kappa shape index (κ2) is 8.51. The smallest absolute Gasteiger partial charge is 0.338 e. The maximum atomic E-state index is 13.3. The van der Waals surface area contributed by atoms with Crippen molar-refractivity contribution in [1.29, 1.82) is 0 Å². The third-order valence-corrected chi connectivity index (χ3v) is 5.40. The fourth-order valence-corrected chi connectivity index (χ4v) is 3.93. The minimum absolute atomic E-state index is 0.333. The molecule has 3 aromatic rings. The summed E-state index contributed by atoms with van der Waals surface area (Å²) >= 11 is 0. The SMILES string of the molecule is COC(=O)[C@@]1(Cc2ccccc2)N=C(c2ccccc2)O[C@H]1c1ccccc1CN. The van der Waals surface area contributed by atoms with E-state index in [0.29, 0.717) is 18.9 Å². The normalized spacial score (nSPS) is 20.3. The van der Waals surface area contributed by atoms with E-state index in [1.165, 1.54) is 7.11 Å². The third kappa shape index (κ3) is 3.60. The molecule has 0 amide bonds. The third-order valence-electron chi connectivity index (χ3n) is 5.40. The number of carbonyl (C=O) groups excluding carboxylic acids is 1. The van der Waals surface area contributed by atoms with Crippen molar-refractivity contribution in [2.24, 2.45) is 10.7 Å². The highest BCUT2D eigenvalue weighted by molar-refractivity contribution is 5.99. The van der Waals surface area contributed by atoms with Crippen LogP contribution in [0.25, 0.3) is 0 Å². The highest BCUT2D eigenvalue weighted by Crippen LogP contribution is 2.43. The molecule has 1 heterocycles. The maximum absolute atomic E-state index is 13.3. The first-order chi connectivity index (χ1) is 14.7. The van der Waals surface area contributed by atoms with E-state index in [9.17, 15) is 4.79 Å². The highest BCUT2D eigenvalue weighted by atomic mass is 16.5. The molecule has 4 rings (SSSR count). The number of nitrogens with two attached hydrogens (primary N) is 1. The number of carbonyl (C=O) groups is 1. The van der Waals surface area contributed by atoms with Crippen LogP contribution in [0.15, 0.2) is 89.9 Å². The van der Waals surface area contributed by atoms with Crippen molar-refractivity contribution in [3.05, 3.63) is 107 Å². The second-order valence-electron chi connectivity index (χ2n) is 7.26. The summed E-state index contributed by atoms with van der Waals surface area (Å²) in [6.45, 7) is 0.333. The Balaban J connectivity index is 1.89. The van der Waals surface area contributed by atoms with E-state index in [2.05, 4.69) is 0 Å². The van der Waals surface area contributed by atoms with Gasteiger partial charge >= 0.3 is 5.97 Å². The van der Waals surface area contributed by atoms with Crippen LogP contribution in [0.1, 0.15) is 28.4 Å². The lowest BCUT2D eigenvalue weighted by atomic mass is 9.81. The van der Waals surface area contributed by atoms with Crippen LogP contribution in [0.4, 0.5) is 0 Å². The molecule has 30 heavy (non-hydrogen) atoms. The summed E-state index contributed by atoms with van der Waals surface area (Å²) in [5.74, 6) is -0.0112. The lowest BCUT2D eigenvalue weighted by Gasteiger charge is -2.30. The Morgan fingerprint density at radius 2 is 1.63 bits per heavy atom. The molecule has 0 aliphatic carbocycles. The average molecular weight is 400 g/mol. The summed E-state index contributed by atoms with van der Waals surface area (Å²) in [6, 6.07) is 27.1. The van der Waals surface area contributed by atoms with Gasteiger partial charge in [-0.25, -0.2) is 9.79 Å². The van der Waals surface area contributed by atoms with Gasteiger partial charge in [0.15, 0.2) is 6.10 Å². The van der Waals surface area contributed by atoms with Gasteiger partial charge in [-0.15, -0.1) is 0 Å². The highest BCUT2D eigenvalue weighted by Gasteiger charge is 2.54. The summed E-state index contributed by atoms with van der Waals surface area (Å²) in [7, 11) is 1.39. The molecule has 5 heteroatoms. The Morgan fingerprint density at radius 3 is 2.30 bits per heavy atom. The summed E-state index contributed by atoms with van der Waals surface area (Å²) in [5.41, 5.74) is 8.28. The van der Waals surface area contributed by atoms with Crippen molar-refractivity contribution in [2.45, 2.75) is 24.6 Å². The summed E-state index contributed by atoms with van der Waals surface area (Å²) in [5, 5.41) is 0. The molecule has 1 aliphatic rings. The van der Waals surface area contributed by atoms with E-state index >= 15 is 0 Å². The summed E-state index contributed by atoms with van der Waals surface area (Å²) < 4.78 is 11.6. The van der Waals surface area contributed by atoms with Crippen LogP contribution < -0.4 is 5.73 Å². The molecule has 0 spiro atoms. The van der Waals surface area contributed by atoms with Gasteiger partial charge in [0.05, 0.1) is 7.11 Å². The molecule has 0 radical (unpaired) electrons. The Bertz CT molecular complexity index is 1050. The first-order valence-corrected chi connectivity index (χ1v) is 9.90. The summed E-state index contributed by atoms with van der Waals surface area (Å²) in [4.78, 5) is 18.1. The zero-order valence-electron chi connectivity index (χ0n) is 16.8. The van der Waals surface area contributed by atoms with E-state index in [0.717, 1.165) is 22.3 Å². The zero-order chi connectivity index (χ0) is 21.0. The van der Waals surface area contributed by atoms with Gasteiger partial charge in [-0.05, 0) is 28.8 Å². The lowest BCUT2D eigenvalue weighted by molar-refractivity contribution is -0.150. The van der Waals surface area contributed by atoms with E-state index in [4.69, 9.17) is 20.2 Å². The van der Waals surface area contributed by atoms with Crippen LogP contribution in [0.2, 0.25) is 0 Å². The van der Waals surface area contributed by atoms with Crippen molar-refractivity contribution >= 4 is 11.9 Å². The fourth-order valence-electron chi connectivity index (χ4n) is 3.93. The molecular weight excluding hydrogens is 376 g/mol. The number of esters is 1. The van der Waals surface area contributed by atoms with E-state index in [-0.39, 0.29) is 0 Å². The van der Waals surface area contributed by atoms with Crippen LogP contribution in [0, 0.1) is 0 Å². The van der Waals surface area contributed by atoms with Gasteiger partial charge in [-0.2, -0.15) is 0 Å². The Morgan fingerprint density at radius 1 is 1.00 bits per heavy atom. The number of nitrogens with zero attached hydrogens (tertiary/aromatic N) is 1. The van der Waals surface area contributed by atoms with E-state index in [1.807, 2.05) is 84.9 Å². The van der Waals surface area contributed by atoms with Gasteiger partial charge < -0.3 is 15.2 Å². The average Bonchev–Trinajstić information content (AvgIpc) is 3.20. The van der Waals surface area contributed by atoms with Gasteiger partial charge in [0.1, 0.15) is 0 Å². The number of methoxy groups -OCH3 is 1. The molecule has 0 unspecified atom stereocenters. The second-order valence-corrected chi connectivity index (χ2v) is 7.26. The van der Waals surface area contributed by atoms with Crippen LogP contribution in [0.5, 0.6) is 0 Å². The topological polar surface area (TPSA) is 73.9 Å². The fraction of sp³-hybridized carbons (Fsp3) is 0.200. The molecular formula is C25H24N2O3. The monoisotopic (exact) mass is 400 g/mol. The lowest BCUT2D eigenvalue weighted by Crippen LogP contribution is -2.44. The molecule has 0 bridgehead atoms. The predicted molar refractivity (Wildman–Crippen MR) is 116 cm³/mol. The molecule has 1 aliphatic heterocycles. The van der Waals surface area contributed by atoms with Crippen LogP contribution in [-0.2, 0) is 27.2 Å². The number of benzene rings is 3. The van der Waals surface area contributed by atoms with E-state index < -0.39 is 17.6 Å².